The van der Waals surface area contributed by atoms with E-state index in [0.717, 1.165) is 17.2 Å². The third-order valence-corrected chi connectivity index (χ3v) is 3.68. The standard InChI is InChI=1S/C19H25N3O2.HI/c1-13-8-9-16(10-14(13)2)22-19(20)21-12-15(3)24-18-7-5-6-17(11-18)23-4;/h5-11,15H,12H2,1-4H3,(H3,20,21,22);1H. The summed E-state index contributed by atoms with van der Waals surface area (Å²) >= 11 is 0. The van der Waals surface area contributed by atoms with Crippen LogP contribution in [0.3, 0.4) is 0 Å². The molecule has 2 aromatic rings. The Morgan fingerprint density at radius 3 is 2.52 bits per heavy atom. The van der Waals surface area contributed by atoms with E-state index in [1.54, 1.807) is 7.11 Å². The van der Waals surface area contributed by atoms with Gasteiger partial charge < -0.3 is 20.5 Å². The minimum absolute atomic E-state index is 0. The molecule has 0 heterocycles. The highest BCUT2D eigenvalue weighted by atomic mass is 127. The molecule has 0 saturated heterocycles. The number of rotatable bonds is 6. The number of nitrogens with zero attached hydrogens (tertiary/aromatic N) is 1. The van der Waals surface area contributed by atoms with Gasteiger partial charge >= 0.3 is 0 Å². The van der Waals surface area contributed by atoms with E-state index >= 15 is 0 Å². The quantitative estimate of drug-likeness (QED) is 0.391. The van der Waals surface area contributed by atoms with Crippen LogP contribution >= 0.6 is 24.0 Å². The minimum atomic E-state index is -0.0998. The number of hydrogen-bond acceptors (Lipinski definition) is 3. The summed E-state index contributed by atoms with van der Waals surface area (Å²) in [6.07, 6.45) is -0.0998. The normalized spacial score (nSPS) is 12.1. The number of guanidine groups is 1. The predicted octanol–water partition coefficient (Wildman–Crippen LogP) is 4.12. The Balaban J connectivity index is 0.00000312. The molecular weight excluding hydrogens is 429 g/mol. The summed E-state index contributed by atoms with van der Waals surface area (Å²) in [5.74, 6) is 1.89. The van der Waals surface area contributed by atoms with Crippen LogP contribution in [0.25, 0.3) is 0 Å². The first-order valence-corrected chi connectivity index (χ1v) is 7.93. The van der Waals surface area contributed by atoms with E-state index in [0.29, 0.717) is 12.5 Å². The zero-order valence-corrected chi connectivity index (χ0v) is 17.4. The van der Waals surface area contributed by atoms with Crippen molar-refractivity contribution in [2.24, 2.45) is 10.7 Å². The first-order chi connectivity index (χ1) is 11.5. The van der Waals surface area contributed by atoms with Gasteiger partial charge in [0.2, 0.25) is 0 Å². The van der Waals surface area contributed by atoms with Gasteiger partial charge in [-0.1, -0.05) is 12.1 Å². The van der Waals surface area contributed by atoms with Crippen LogP contribution in [0.15, 0.2) is 47.5 Å². The minimum Gasteiger partial charge on any atom is -0.497 e. The summed E-state index contributed by atoms with van der Waals surface area (Å²) in [7, 11) is 1.63. The van der Waals surface area contributed by atoms with Gasteiger partial charge in [0.15, 0.2) is 5.96 Å². The molecule has 1 atom stereocenters. The number of nitrogens with two attached hydrogens (primary N) is 1. The summed E-state index contributed by atoms with van der Waals surface area (Å²) in [6, 6.07) is 13.6. The second-order valence-electron chi connectivity index (χ2n) is 5.76. The molecule has 6 heteroatoms. The molecule has 0 fully saturated rings. The highest BCUT2D eigenvalue weighted by Crippen LogP contribution is 2.20. The largest absolute Gasteiger partial charge is 0.497 e. The fourth-order valence-electron chi connectivity index (χ4n) is 2.18. The first-order valence-electron chi connectivity index (χ1n) is 7.93. The molecule has 0 radical (unpaired) electrons. The van der Waals surface area contributed by atoms with E-state index in [9.17, 15) is 0 Å². The molecule has 0 bridgehead atoms. The zero-order chi connectivity index (χ0) is 17.5. The topological polar surface area (TPSA) is 68.9 Å². The van der Waals surface area contributed by atoms with Crippen molar-refractivity contribution in [3.05, 3.63) is 53.6 Å². The summed E-state index contributed by atoms with van der Waals surface area (Å²) in [6.45, 7) is 6.55. The van der Waals surface area contributed by atoms with Crippen molar-refractivity contribution in [3.8, 4) is 11.5 Å². The highest BCUT2D eigenvalue weighted by Gasteiger charge is 2.05. The van der Waals surface area contributed by atoms with E-state index in [1.807, 2.05) is 43.3 Å². The van der Waals surface area contributed by atoms with Crippen LogP contribution in [-0.2, 0) is 0 Å². The lowest BCUT2D eigenvalue weighted by Gasteiger charge is -2.14. The Labute approximate surface area is 166 Å². The van der Waals surface area contributed by atoms with Crippen LogP contribution in [-0.4, -0.2) is 25.7 Å². The Morgan fingerprint density at radius 2 is 1.84 bits per heavy atom. The number of nitrogens with one attached hydrogen (secondary N) is 1. The molecule has 2 rings (SSSR count). The van der Waals surface area contributed by atoms with Gasteiger partial charge in [0.05, 0.1) is 13.7 Å². The maximum atomic E-state index is 5.94. The fourth-order valence-corrected chi connectivity index (χ4v) is 2.18. The number of aliphatic imine (C=N–C) groups is 1. The number of hydrogen-bond donors (Lipinski definition) is 2. The molecule has 0 aliphatic carbocycles. The van der Waals surface area contributed by atoms with Crippen LogP contribution in [0.4, 0.5) is 5.69 Å². The van der Waals surface area contributed by atoms with Gasteiger partial charge in [-0.3, -0.25) is 0 Å². The Bertz CT molecular complexity index is 720. The smallest absolute Gasteiger partial charge is 0.193 e. The van der Waals surface area contributed by atoms with Crippen molar-refractivity contribution in [3.63, 3.8) is 0 Å². The van der Waals surface area contributed by atoms with Crippen molar-refractivity contribution in [2.45, 2.75) is 26.9 Å². The van der Waals surface area contributed by atoms with Crippen LogP contribution in [0.5, 0.6) is 11.5 Å². The zero-order valence-electron chi connectivity index (χ0n) is 15.1. The maximum absolute atomic E-state index is 5.94. The van der Waals surface area contributed by atoms with E-state index in [1.165, 1.54) is 11.1 Å². The molecule has 0 saturated carbocycles. The van der Waals surface area contributed by atoms with Crippen molar-refractivity contribution in [2.75, 3.05) is 19.0 Å². The molecule has 2 aromatic carbocycles. The second-order valence-corrected chi connectivity index (χ2v) is 5.76. The van der Waals surface area contributed by atoms with Crippen molar-refractivity contribution >= 4 is 35.6 Å². The van der Waals surface area contributed by atoms with Gasteiger partial charge in [0, 0.05) is 11.8 Å². The Hall–Kier alpha value is -1.96. The van der Waals surface area contributed by atoms with E-state index in [2.05, 4.69) is 30.2 Å². The van der Waals surface area contributed by atoms with Gasteiger partial charge in [-0.05, 0) is 56.2 Å². The molecule has 3 N–H and O–H groups in total. The van der Waals surface area contributed by atoms with Gasteiger partial charge in [0.1, 0.15) is 17.6 Å². The lowest BCUT2D eigenvalue weighted by atomic mass is 10.1. The van der Waals surface area contributed by atoms with Crippen LogP contribution in [0.2, 0.25) is 0 Å². The number of aryl methyl sites for hydroxylation is 2. The number of halogens is 1. The lowest BCUT2D eigenvalue weighted by molar-refractivity contribution is 0.229. The van der Waals surface area contributed by atoms with Gasteiger partial charge in [-0.25, -0.2) is 4.99 Å². The van der Waals surface area contributed by atoms with E-state index < -0.39 is 0 Å². The third kappa shape index (κ3) is 6.81. The summed E-state index contributed by atoms with van der Waals surface area (Å²) in [5.41, 5.74) is 9.33. The molecule has 0 aromatic heterocycles. The van der Waals surface area contributed by atoms with E-state index in [-0.39, 0.29) is 30.1 Å². The van der Waals surface area contributed by atoms with Crippen molar-refractivity contribution in [1.29, 1.82) is 0 Å². The second kappa shape index (κ2) is 10.1. The predicted molar refractivity (Wildman–Crippen MR) is 115 cm³/mol. The number of anilines is 1. The van der Waals surface area contributed by atoms with Crippen molar-refractivity contribution < 1.29 is 9.47 Å². The Morgan fingerprint density at radius 1 is 1.12 bits per heavy atom. The number of ether oxygens (including phenoxy) is 2. The lowest BCUT2D eigenvalue weighted by Crippen LogP contribution is -2.25. The van der Waals surface area contributed by atoms with Gasteiger partial charge in [-0.2, -0.15) is 0 Å². The molecule has 1 unspecified atom stereocenters. The van der Waals surface area contributed by atoms with Crippen LogP contribution in [0.1, 0.15) is 18.1 Å². The Kier molecular flexibility index (Phi) is 8.54. The van der Waals surface area contributed by atoms with Crippen molar-refractivity contribution in [1.82, 2.24) is 0 Å². The number of benzene rings is 2. The summed E-state index contributed by atoms with van der Waals surface area (Å²) in [4.78, 5) is 4.34. The molecule has 0 aliphatic heterocycles. The third-order valence-electron chi connectivity index (χ3n) is 3.68. The molecule has 25 heavy (non-hydrogen) atoms. The van der Waals surface area contributed by atoms with E-state index in [4.69, 9.17) is 15.2 Å². The molecule has 0 amide bonds. The average Bonchev–Trinajstić information content (AvgIpc) is 2.56. The van der Waals surface area contributed by atoms with Crippen LogP contribution < -0.4 is 20.5 Å². The average molecular weight is 455 g/mol. The molecule has 5 nitrogen and oxygen atoms in total. The maximum Gasteiger partial charge on any atom is 0.193 e. The monoisotopic (exact) mass is 455 g/mol. The SMILES string of the molecule is COc1cccc(OC(C)CN=C(N)Nc2ccc(C)c(C)c2)c1.I. The fraction of sp³-hybridized carbons (Fsp3) is 0.316. The molecule has 0 aliphatic rings. The summed E-state index contributed by atoms with van der Waals surface area (Å²) in [5, 5.41) is 3.10. The number of methoxy groups -OCH3 is 1. The summed E-state index contributed by atoms with van der Waals surface area (Å²) < 4.78 is 11.0. The molecular formula is C19H26IN3O2. The van der Waals surface area contributed by atoms with Crippen LogP contribution in [0, 0.1) is 13.8 Å². The molecule has 136 valence electrons. The van der Waals surface area contributed by atoms with Gasteiger partial charge in [0.25, 0.3) is 0 Å². The highest BCUT2D eigenvalue weighted by molar-refractivity contribution is 14.0. The van der Waals surface area contributed by atoms with Gasteiger partial charge in [-0.15, -0.1) is 24.0 Å². The first kappa shape index (κ1) is 21.1. The molecule has 0 spiro atoms.